The van der Waals surface area contributed by atoms with Gasteiger partial charge in [-0.15, -0.1) is 12.8 Å². The molecule has 18 heteroatoms. The lowest BCUT2D eigenvalue weighted by Crippen LogP contribution is -2.07. The zero-order valence-electron chi connectivity index (χ0n) is 41.0. The first-order valence-electron chi connectivity index (χ1n) is 23.4. The van der Waals surface area contributed by atoms with E-state index in [1.807, 2.05) is 0 Å². The first-order valence-corrected chi connectivity index (χ1v) is 26.3. The Labute approximate surface area is 442 Å². The molecule has 0 spiro atoms. The number of ether oxygens (including phenoxy) is 4. The number of fused-ring (bicyclic) bond motifs is 4. The maximum atomic E-state index is 12.8. The van der Waals surface area contributed by atoms with Gasteiger partial charge in [-0.2, -0.15) is 16.8 Å². The Morgan fingerprint density at radius 3 is 1.35 bits per heavy atom. The molecule has 0 bridgehead atoms. The van der Waals surface area contributed by atoms with Crippen LogP contribution in [-0.4, -0.2) is 60.0 Å². The molecule has 0 amide bonds. The molecule has 4 N–H and O–H groups in total. The van der Waals surface area contributed by atoms with Gasteiger partial charge in [0.25, 0.3) is 20.2 Å². The van der Waals surface area contributed by atoms with Crippen LogP contribution in [0.2, 0.25) is 0 Å². The smallest absolute Gasteiger partial charge is 0.295 e. The fraction of sp³-hybridized carbons (Fsp3) is 0.0847. The van der Waals surface area contributed by atoms with Gasteiger partial charge in [0.1, 0.15) is 75.4 Å². The van der Waals surface area contributed by atoms with Gasteiger partial charge in [0, 0.05) is 91.9 Å². The second kappa shape index (κ2) is 21.4. The van der Waals surface area contributed by atoms with Crippen molar-refractivity contribution in [1.82, 2.24) is 0 Å². The molecule has 16 nitrogen and oxygen atoms in total. The lowest BCUT2D eigenvalue weighted by atomic mass is 9.93. The highest BCUT2D eigenvalue weighted by Crippen LogP contribution is 2.45. The number of nitrogens with one attached hydrogen (secondary N) is 2. The first-order chi connectivity index (χ1) is 37.2. The number of hydrogen-bond donors (Lipinski definition) is 4. The molecule has 2 heterocycles. The summed E-state index contributed by atoms with van der Waals surface area (Å²) in [6.45, 7) is 0.0827. The summed E-state index contributed by atoms with van der Waals surface area (Å²) in [5.41, 5.74) is 5.67. The van der Waals surface area contributed by atoms with Gasteiger partial charge >= 0.3 is 0 Å². The van der Waals surface area contributed by atoms with Gasteiger partial charge in [-0.25, -0.2) is 0 Å². The van der Waals surface area contributed by atoms with Crippen molar-refractivity contribution < 1.29 is 53.7 Å². The third kappa shape index (κ3) is 10.7. The molecular formula is C59H44N4O12S2. The fourth-order valence-electron chi connectivity index (χ4n) is 9.00. The van der Waals surface area contributed by atoms with E-state index in [2.05, 4.69) is 22.5 Å². The van der Waals surface area contributed by atoms with Gasteiger partial charge in [-0.1, -0.05) is 48.2 Å². The Bertz CT molecular complexity index is 4070. The zero-order valence-corrected chi connectivity index (χ0v) is 42.6. The Morgan fingerprint density at radius 1 is 0.519 bits per heavy atom. The third-order valence-electron chi connectivity index (χ3n) is 12.3. The van der Waals surface area contributed by atoms with Crippen LogP contribution in [0.25, 0.3) is 66.8 Å². The van der Waals surface area contributed by atoms with Gasteiger partial charge in [0.2, 0.25) is 0 Å². The lowest BCUT2D eigenvalue weighted by Gasteiger charge is -2.18. The van der Waals surface area contributed by atoms with Crippen LogP contribution in [-0.2, 0) is 20.2 Å². The average molecular weight is 1070 g/mol. The quantitative estimate of drug-likeness (QED) is 0.0402. The minimum Gasteiger partial charge on any atom is -0.495 e. The van der Waals surface area contributed by atoms with Crippen molar-refractivity contribution in [3.8, 4) is 92.6 Å². The SMILES string of the molecule is C#CCOc1ccc(OC)c(Nc2ccc3c(-c4ccccc4S(=O)(=O)O)c4cc/c(=N\C/N=c5\ccc6c(-c7ccccc7S(=O)(=O)O)c7ccc(Nc8cc(OCC#C)ccc8OC)cc7oc-6c5)cc-4oc3c2)c1. The minimum atomic E-state index is -4.67. The molecule has 0 atom stereocenters. The lowest BCUT2D eigenvalue weighted by molar-refractivity contribution is 0.368. The van der Waals surface area contributed by atoms with Gasteiger partial charge in [0.05, 0.1) is 36.3 Å². The minimum absolute atomic E-state index is 0.0604. The molecule has 4 aliphatic rings. The second-order valence-electron chi connectivity index (χ2n) is 17.1. The molecule has 0 fully saturated rings. The molecule has 2 aliphatic heterocycles. The number of terminal acetylenes is 2. The number of methoxy groups -OCH3 is 2. The summed E-state index contributed by atoms with van der Waals surface area (Å²) in [7, 11) is -6.26. The van der Waals surface area contributed by atoms with Crippen molar-refractivity contribution >= 4 is 64.9 Å². The Kier molecular flexibility index (Phi) is 14.1. The van der Waals surface area contributed by atoms with Crippen molar-refractivity contribution in [1.29, 1.82) is 0 Å². The predicted molar refractivity (Wildman–Crippen MR) is 293 cm³/mol. The highest BCUT2D eigenvalue weighted by Gasteiger charge is 2.26. The molecule has 384 valence electrons. The monoisotopic (exact) mass is 1060 g/mol. The molecule has 6 aromatic carbocycles. The molecule has 0 radical (unpaired) electrons. The van der Waals surface area contributed by atoms with E-state index < -0.39 is 20.2 Å². The van der Waals surface area contributed by atoms with Crippen LogP contribution in [0, 0.1) is 24.7 Å². The maximum Gasteiger partial charge on any atom is 0.295 e. The molecule has 0 saturated carbocycles. The first kappa shape index (κ1) is 50.9. The van der Waals surface area contributed by atoms with E-state index in [-0.39, 0.29) is 40.8 Å². The number of benzene rings is 8. The summed E-state index contributed by atoms with van der Waals surface area (Å²) >= 11 is 0. The second-order valence-corrected chi connectivity index (χ2v) is 19.9. The van der Waals surface area contributed by atoms with Gasteiger partial charge in [0.15, 0.2) is 0 Å². The van der Waals surface area contributed by atoms with E-state index in [9.17, 15) is 25.9 Å². The normalized spacial score (nSPS) is 12.1. The number of hydrogen-bond acceptors (Lipinski definition) is 14. The molecule has 0 saturated heterocycles. The van der Waals surface area contributed by atoms with E-state index >= 15 is 0 Å². The largest absolute Gasteiger partial charge is 0.495 e. The summed E-state index contributed by atoms with van der Waals surface area (Å²) in [6.07, 6.45) is 10.8. The van der Waals surface area contributed by atoms with E-state index in [1.54, 1.807) is 148 Å². The predicted octanol–water partition coefficient (Wildman–Crippen LogP) is 11.2. The number of rotatable bonds is 16. The van der Waals surface area contributed by atoms with Crippen molar-refractivity contribution in [3.05, 3.63) is 168 Å². The number of anilines is 4. The third-order valence-corrected chi connectivity index (χ3v) is 14.2. The van der Waals surface area contributed by atoms with E-state index in [1.165, 1.54) is 24.3 Å². The molecule has 0 aromatic heterocycles. The van der Waals surface area contributed by atoms with Crippen LogP contribution < -0.4 is 40.3 Å². The van der Waals surface area contributed by atoms with Gasteiger partial charge < -0.3 is 38.4 Å². The summed E-state index contributed by atoms with van der Waals surface area (Å²) in [5, 5.41) is 8.77. The van der Waals surface area contributed by atoms with Crippen LogP contribution in [0.5, 0.6) is 23.0 Å². The Balaban J connectivity index is 1.06. The summed E-state index contributed by atoms with van der Waals surface area (Å²) in [4.78, 5) is 8.95. The number of nitrogens with zero attached hydrogens (tertiary/aromatic N) is 2. The molecule has 2 aliphatic carbocycles. The van der Waals surface area contributed by atoms with Crippen LogP contribution >= 0.6 is 0 Å². The van der Waals surface area contributed by atoms with Crippen molar-refractivity contribution in [2.45, 2.75) is 9.79 Å². The highest BCUT2D eigenvalue weighted by atomic mass is 32.2. The highest BCUT2D eigenvalue weighted by molar-refractivity contribution is 7.86. The van der Waals surface area contributed by atoms with Crippen molar-refractivity contribution in [3.63, 3.8) is 0 Å². The molecule has 6 aromatic rings. The van der Waals surface area contributed by atoms with E-state index in [4.69, 9.17) is 50.6 Å². The van der Waals surface area contributed by atoms with Crippen LogP contribution in [0.1, 0.15) is 0 Å². The van der Waals surface area contributed by atoms with Crippen LogP contribution in [0.3, 0.4) is 0 Å². The average Bonchev–Trinajstić information content (AvgIpc) is 3.42. The summed E-state index contributed by atoms with van der Waals surface area (Å²) < 4.78 is 108. The molecule has 10 rings (SSSR count). The van der Waals surface area contributed by atoms with Gasteiger partial charge in [-0.05, 0) is 84.9 Å². The van der Waals surface area contributed by atoms with Crippen LogP contribution in [0.15, 0.2) is 186 Å². The molecule has 0 unspecified atom stereocenters. The van der Waals surface area contributed by atoms with Crippen LogP contribution in [0.4, 0.5) is 22.7 Å². The molecular weight excluding hydrogens is 1020 g/mol. The standard InChI is InChI=1S/C59H44N4O12S2/c1-5-27-72-40-19-25-50(70-3)48(33-40)62-38-17-23-44-54(31-38)74-52-29-36(15-21-42(52)58(44)46-11-7-9-13-56(46)76(64,65)66)60-35-61-37-16-22-43-53(30-37)75-55-32-39(63-49-34-41(73-28-6-2)20-26-51(49)71-4)18-24-45(55)59(43)47-12-8-10-14-57(47)77(67,68)69/h1-2,7-26,29-34,62-63H,27-28,35H2,3-4H3,(H,64,65,66)(H,67,68,69)/b60-36+,61-37+. The summed E-state index contributed by atoms with van der Waals surface area (Å²) in [6, 6.07) is 43.9. The maximum absolute atomic E-state index is 12.8. The van der Waals surface area contributed by atoms with Gasteiger partial charge in [-0.3, -0.25) is 19.1 Å². The fourth-order valence-corrected chi connectivity index (χ4v) is 10.4. The van der Waals surface area contributed by atoms with E-state index in [0.717, 1.165) is 0 Å². The topological polar surface area (TPSA) is 221 Å². The Hall–Kier alpha value is -9.56. The van der Waals surface area contributed by atoms with E-state index in [0.29, 0.717) is 112 Å². The Morgan fingerprint density at radius 2 is 0.948 bits per heavy atom. The molecule has 77 heavy (non-hydrogen) atoms. The van der Waals surface area contributed by atoms with Crippen molar-refractivity contribution in [2.24, 2.45) is 9.98 Å². The zero-order chi connectivity index (χ0) is 53.8. The van der Waals surface area contributed by atoms with Crippen molar-refractivity contribution in [2.75, 3.05) is 44.7 Å². The summed E-state index contributed by atoms with van der Waals surface area (Å²) in [5.74, 6) is 7.70.